The second kappa shape index (κ2) is 7.33. The lowest BCUT2D eigenvalue weighted by molar-refractivity contribution is -0.117. The highest BCUT2D eigenvalue weighted by atomic mass is 32.2. The van der Waals surface area contributed by atoms with Gasteiger partial charge in [-0.25, -0.2) is 13.1 Å². The summed E-state index contributed by atoms with van der Waals surface area (Å²) < 4.78 is 35.7. The van der Waals surface area contributed by atoms with Gasteiger partial charge in [0.25, 0.3) is 5.89 Å². The maximum Gasteiger partial charge on any atom is 0.322 e. The first-order chi connectivity index (χ1) is 11.9. The number of nitrogens with one attached hydrogen (secondary N) is 2. The first-order valence-corrected chi connectivity index (χ1v) is 9.65. The standard InChI is InChI=1S/C14H19N5O5S/c1-25(21,22)18-10-4-2-6-19(8-10)9-12(20)15-14-17-16-13(24-14)11-5-3-7-23-11/h3,5,7,10,18H,2,4,6,8-9H2,1H3,(H,15,17,20)/t10-/m1/s1. The van der Waals surface area contributed by atoms with Crippen LogP contribution in [0.3, 0.4) is 0 Å². The van der Waals surface area contributed by atoms with E-state index in [4.69, 9.17) is 8.83 Å². The van der Waals surface area contributed by atoms with Crippen molar-refractivity contribution in [3.63, 3.8) is 0 Å². The molecule has 1 atom stereocenters. The van der Waals surface area contributed by atoms with E-state index in [9.17, 15) is 13.2 Å². The number of piperidine rings is 1. The molecule has 1 amide bonds. The minimum absolute atomic E-state index is 0.0146. The zero-order valence-corrected chi connectivity index (χ0v) is 14.5. The van der Waals surface area contributed by atoms with Crippen LogP contribution in [0.4, 0.5) is 6.01 Å². The van der Waals surface area contributed by atoms with Crippen LogP contribution in [-0.4, -0.2) is 61.4 Å². The highest BCUT2D eigenvalue weighted by Gasteiger charge is 2.24. The van der Waals surface area contributed by atoms with Crippen LogP contribution in [0.2, 0.25) is 0 Å². The normalized spacial score (nSPS) is 19.0. The van der Waals surface area contributed by atoms with Crippen LogP contribution in [-0.2, 0) is 14.8 Å². The lowest BCUT2D eigenvalue weighted by Crippen LogP contribution is -2.49. The molecular formula is C14H19N5O5S. The summed E-state index contributed by atoms with van der Waals surface area (Å²) in [5, 5.41) is 10.1. The van der Waals surface area contributed by atoms with Crippen molar-refractivity contribution in [3.8, 4) is 11.7 Å². The van der Waals surface area contributed by atoms with Crippen LogP contribution in [0.1, 0.15) is 12.8 Å². The Hall–Kier alpha value is -2.24. The number of hydrogen-bond acceptors (Lipinski definition) is 8. The third-order valence-corrected chi connectivity index (χ3v) is 4.42. The fourth-order valence-electron chi connectivity index (χ4n) is 2.73. The molecule has 1 aliphatic rings. The highest BCUT2D eigenvalue weighted by molar-refractivity contribution is 7.88. The Morgan fingerprint density at radius 3 is 3.00 bits per heavy atom. The van der Waals surface area contributed by atoms with Crippen molar-refractivity contribution in [1.82, 2.24) is 19.8 Å². The summed E-state index contributed by atoms with van der Waals surface area (Å²) in [6.07, 6.45) is 4.17. The molecule has 0 radical (unpaired) electrons. The Morgan fingerprint density at radius 1 is 1.44 bits per heavy atom. The molecule has 10 nitrogen and oxygen atoms in total. The number of carbonyl (C=O) groups excluding carboxylic acids is 1. The van der Waals surface area contributed by atoms with E-state index in [0.717, 1.165) is 25.6 Å². The van der Waals surface area contributed by atoms with Gasteiger partial charge in [0, 0.05) is 12.6 Å². The summed E-state index contributed by atoms with van der Waals surface area (Å²) in [6.45, 7) is 1.30. The first-order valence-electron chi connectivity index (χ1n) is 7.76. The maximum absolute atomic E-state index is 12.1. The molecule has 3 heterocycles. The molecule has 136 valence electrons. The Balaban J connectivity index is 1.52. The van der Waals surface area contributed by atoms with Crippen LogP contribution in [0.25, 0.3) is 11.7 Å². The van der Waals surface area contributed by atoms with Crippen molar-refractivity contribution >= 4 is 21.9 Å². The first kappa shape index (κ1) is 17.6. The number of rotatable bonds is 6. The minimum atomic E-state index is -3.26. The Bertz CT molecular complexity index is 817. The molecule has 0 saturated carbocycles. The van der Waals surface area contributed by atoms with Gasteiger partial charge in [-0.3, -0.25) is 15.0 Å². The molecule has 0 bridgehead atoms. The van der Waals surface area contributed by atoms with Crippen LogP contribution in [0.15, 0.2) is 27.2 Å². The molecule has 1 aliphatic heterocycles. The Kier molecular flexibility index (Phi) is 5.16. The number of likely N-dealkylation sites (tertiary alicyclic amines) is 1. The molecule has 0 aromatic carbocycles. The Labute approximate surface area is 144 Å². The third kappa shape index (κ3) is 5.11. The summed E-state index contributed by atoms with van der Waals surface area (Å²) in [4.78, 5) is 14.0. The molecular weight excluding hydrogens is 350 g/mol. The number of carbonyl (C=O) groups is 1. The zero-order chi connectivity index (χ0) is 17.9. The zero-order valence-electron chi connectivity index (χ0n) is 13.6. The molecule has 11 heteroatoms. The molecule has 2 N–H and O–H groups in total. The van der Waals surface area contributed by atoms with E-state index in [1.54, 1.807) is 12.1 Å². The number of aromatic nitrogens is 2. The van der Waals surface area contributed by atoms with Gasteiger partial charge in [-0.05, 0) is 31.5 Å². The topological polar surface area (TPSA) is 131 Å². The summed E-state index contributed by atoms with van der Waals surface area (Å²) in [5.74, 6) is 0.282. The summed E-state index contributed by atoms with van der Waals surface area (Å²) in [6, 6.07) is 3.15. The van der Waals surface area contributed by atoms with Crippen LogP contribution >= 0.6 is 0 Å². The number of sulfonamides is 1. The maximum atomic E-state index is 12.1. The van der Waals surface area contributed by atoms with Gasteiger partial charge < -0.3 is 8.83 Å². The van der Waals surface area contributed by atoms with Crippen molar-refractivity contribution < 1.29 is 22.0 Å². The van der Waals surface area contributed by atoms with Gasteiger partial charge in [0.05, 0.1) is 19.1 Å². The van der Waals surface area contributed by atoms with Crippen molar-refractivity contribution in [3.05, 3.63) is 18.4 Å². The predicted octanol–water partition coefficient (Wildman–Crippen LogP) is 0.282. The highest BCUT2D eigenvalue weighted by Crippen LogP contribution is 2.19. The lowest BCUT2D eigenvalue weighted by atomic mass is 10.1. The number of nitrogens with zero attached hydrogens (tertiary/aromatic N) is 3. The lowest BCUT2D eigenvalue weighted by Gasteiger charge is -2.31. The Morgan fingerprint density at radius 2 is 2.28 bits per heavy atom. The van der Waals surface area contributed by atoms with E-state index in [1.807, 2.05) is 4.90 Å². The van der Waals surface area contributed by atoms with Gasteiger partial charge in [-0.2, -0.15) is 0 Å². The fraction of sp³-hybridized carbons (Fsp3) is 0.500. The monoisotopic (exact) mass is 369 g/mol. The molecule has 0 spiro atoms. The van der Waals surface area contributed by atoms with E-state index in [-0.39, 0.29) is 30.4 Å². The average molecular weight is 369 g/mol. The molecule has 2 aromatic rings. The van der Waals surface area contributed by atoms with Gasteiger partial charge in [0.2, 0.25) is 15.9 Å². The molecule has 1 saturated heterocycles. The van der Waals surface area contributed by atoms with E-state index in [1.165, 1.54) is 6.26 Å². The van der Waals surface area contributed by atoms with Gasteiger partial charge in [-0.15, -0.1) is 5.10 Å². The summed E-state index contributed by atoms with van der Waals surface area (Å²) >= 11 is 0. The molecule has 3 rings (SSSR count). The van der Waals surface area contributed by atoms with E-state index in [0.29, 0.717) is 12.3 Å². The largest absolute Gasteiger partial charge is 0.459 e. The predicted molar refractivity (Wildman–Crippen MR) is 88.1 cm³/mol. The van der Waals surface area contributed by atoms with E-state index in [2.05, 4.69) is 20.2 Å². The van der Waals surface area contributed by atoms with E-state index >= 15 is 0 Å². The van der Waals surface area contributed by atoms with Gasteiger partial charge in [-0.1, -0.05) is 5.10 Å². The quantitative estimate of drug-likeness (QED) is 0.742. The van der Waals surface area contributed by atoms with Gasteiger partial charge in [0.1, 0.15) is 0 Å². The third-order valence-electron chi connectivity index (χ3n) is 3.66. The molecule has 25 heavy (non-hydrogen) atoms. The summed E-state index contributed by atoms with van der Waals surface area (Å²) in [7, 11) is -3.26. The summed E-state index contributed by atoms with van der Waals surface area (Å²) in [5.41, 5.74) is 0. The number of hydrogen-bond donors (Lipinski definition) is 2. The van der Waals surface area contributed by atoms with Gasteiger partial charge in [0.15, 0.2) is 5.76 Å². The van der Waals surface area contributed by atoms with Crippen LogP contribution in [0, 0.1) is 0 Å². The van der Waals surface area contributed by atoms with Gasteiger partial charge >= 0.3 is 6.01 Å². The minimum Gasteiger partial charge on any atom is -0.459 e. The van der Waals surface area contributed by atoms with Crippen molar-refractivity contribution in [2.45, 2.75) is 18.9 Å². The van der Waals surface area contributed by atoms with Crippen molar-refractivity contribution in [2.75, 3.05) is 31.2 Å². The molecule has 0 aliphatic carbocycles. The molecule has 0 unspecified atom stereocenters. The second-order valence-electron chi connectivity index (χ2n) is 5.90. The molecule has 1 fully saturated rings. The van der Waals surface area contributed by atoms with Crippen molar-refractivity contribution in [1.29, 1.82) is 0 Å². The average Bonchev–Trinajstić information content (AvgIpc) is 3.16. The second-order valence-corrected chi connectivity index (χ2v) is 7.68. The van der Waals surface area contributed by atoms with Crippen LogP contribution < -0.4 is 10.0 Å². The van der Waals surface area contributed by atoms with Crippen molar-refractivity contribution in [2.24, 2.45) is 0 Å². The van der Waals surface area contributed by atoms with E-state index < -0.39 is 10.0 Å². The van der Waals surface area contributed by atoms with Crippen LogP contribution in [0.5, 0.6) is 0 Å². The smallest absolute Gasteiger partial charge is 0.322 e. The number of anilines is 1. The number of amides is 1. The molecule has 2 aromatic heterocycles. The fourth-order valence-corrected chi connectivity index (χ4v) is 3.53. The number of furan rings is 1. The SMILES string of the molecule is CS(=O)(=O)N[C@@H]1CCCN(CC(=O)Nc2nnc(-c3ccco3)o2)C1.